The molecule has 2 aromatic rings. The van der Waals surface area contributed by atoms with Crippen molar-refractivity contribution in [1.82, 2.24) is 4.98 Å². The number of pyridine rings is 1. The van der Waals surface area contributed by atoms with Gasteiger partial charge in [0.05, 0.1) is 11.2 Å². The molecule has 4 nitrogen and oxygen atoms in total. The molecule has 0 bridgehead atoms. The van der Waals surface area contributed by atoms with Gasteiger partial charge in [0.2, 0.25) is 0 Å². The maximum absolute atomic E-state index is 10.7. The minimum absolute atomic E-state index is 0.0630. The summed E-state index contributed by atoms with van der Waals surface area (Å²) in [6, 6.07) is 11.1. The summed E-state index contributed by atoms with van der Waals surface area (Å²) in [5.41, 5.74) is 0.833. The molecule has 0 atom stereocenters. The van der Waals surface area contributed by atoms with Crippen LogP contribution in [0.3, 0.4) is 0 Å². The maximum Gasteiger partial charge on any atom is 0.356 e. The summed E-state index contributed by atoms with van der Waals surface area (Å²) in [6.07, 6.45) is 1.35. The third-order valence-electron chi connectivity index (χ3n) is 2.27. The number of aromatic carboxylic acids is 1. The molecule has 0 saturated carbocycles. The SMILES string of the molecule is O=C(O)c1ncc(OCc2ccccc2)cc1Cl. The Hall–Kier alpha value is -2.07. The summed E-state index contributed by atoms with van der Waals surface area (Å²) in [5.74, 6) is -0.719. The van der Waals surface area contributed by atoms with Crippen molar-refractivity contribution >= 4 is 17.6 Å². The van der Waals surface area contributed by atoms with Gasteiger partial charge in [-0.3, -0.25) is 0 Å². The number of benzene rings is 1. The minimum Gasteiger partial charge on any atom is -0.487 e. The highest BCUT2D eigenvalue weighted by Gasteiger charge is 2.11. The second-order valence-corrected chi connectivity index (χ2v) is 3.99. The first kappa shape index (κ1) is 12.4. The third kappa shape index (κ3) is 2.99. The number of halogens is 1. The van der Waals surface area contributed by atoms with Crippen molar-refractivity contribution in [3.05, 3.63) is 58.9 Å². The van der Waals surface area contributed by atoms with Crippen molar-refractivity contribution in [1.29, 1.82) is 0 Å². The van der Waals surface area contributed by atoms with Crippen LogP contribution in [0.4, 0.5) is 0 Å². The van der Waals surface area contributed by atoms with Crippen LogP contribution in [0.15, 0.2) is 42.6 Å². The van der Waals surface area contributed by atoms with Crippen LogP contribution in [0.5, 0.6) is 5.75 Å². The summed E-state index contributed by atoms with van der Waals surface area (Å²) < 4.78 is 5.47. The van der Waals surface area contributed by atoms with Gasteiger partial charge in [0.15, 0.2) is 5.69 Å². The van der Waals surface area contributed by atoms with E-state index in [-0.39, 0.29) is 10.7 Å². The lowest BCUT2D eigenvalue weighted by Crippen LogP contribution is -2.02. The van der Waals surface area contributed by atoms with E-state index in [0.717, 1.165) is 5.56 Å². The molecule has 1 aromatic heterocycles. The third-order valence-corrected chi connectivity index (χ3v) is 2.56. The Morgan fingerprint density at radius 1 is 1.33 bits per heavy atom. The molecule has 5 heteroatoms. The van der Waals surface area contributed by atoms with Crippen LogP contribution in [0.2, 0.25) is 5.02 Å². The van der Waals surface area contributed by atoms with Crippen molar-refractivity contribution in [2.24, 2.45) is 0 Å². The highest BCUT2D eigenvalue weighted by Crippen LogP contribution is 2.20. The molecule has 0 spiro atoms. The van der Waals surface area contributed by atoms with Crippen LogP contribution in [0.25, 0.3) is 0 Å². The molecule has 18 heavy (non-hydrogen) atoms. The standard InChI is InChI=1S/C13H10ClNO3/c14-11-6-10(7-15-12(11)13(16)17)18-8-9-4-2-1-3-5-9/h1-7H,8H2,(H,16,17). The van der Waals surface area contributed by atoms with Gasteiger partial charge in [-0.2, -0.15) is 0 Å². The minimum atomic E-state index is -1.16. The number of hydrogen-bond acceptors (Lipinski definition) is 3. The van der Waals surface area contributed by atoms with Crippen molar-refractivity contribution in [2.75, 3.05) is 0 Å². The molecular formula is C13H10ClNO3. The number of carboxylic acids is 1. The zero-order valence-electron chi connectivity index (χ0n) is 9.34. The first-order valence-electron chi connectivity index (χ1n) is 5.22. The Morgan fingerprint density at radius 2 is 2.06 bits per heavy atom. The van der Waals surface area contributed by atoms with E-state index < -0.39 is 5.97 Å². The molecule has 1 heterocycles. The summed E-state index contributed by atoms with van der Waals surface area (Å²) in [7, 11) is 0. The van der Waals surface area contributed by atoms with E-state index in [1.165, 1.54) is 12.3 Å². The van der Waals surface area contributed by atoms with Crippen molar-refractivity contribution in [3.8, 4) is 5.75 Å². The summed E-state index contributed by atoms with van der Waals surface area (Å²) in [5, 5.41) is 8.84. The first-order chi connectivity index (χ1) is 8.66. The van der Waals surface area contributed by atoms with Gasteiger partial charge < -0.3 is 9.84 Å². The molecule has 0 saturated heterocycles. The van der Waals surface area contributed by atoms with Crippen LogP contribution in [-0.2, 0) is 6.61 Å². The van der Waals surface area contributed by atoms with E-state index in [4.69, 9.17) is 21.4 Å². The highest BCUT2D eigenvalue weighted by molar-refractivity contribution is 6.33. The smallest absolute Gasteiger partial charge is 0.356 e. The molecule has 0 aliphatic carbocycles. The van der Waals surface area contributed by atoms with E-state index in [2.05, 4.69) is 4.98 Å². The number of rotatable bonds is 4. The molecular weight excluding hydrogens is 254 g/mol. The van der Waals surface area contributed by atoms with Gasteiger partial charge in [-0.15, -0.1) is 0 Å². The Bertz CT molecular complexity index is 557. The average molecular weight is 264 g/mol. The Labute approximate surface area is 109 Å². The number of nitrogens with zero attached hydrogens (tertiary/aromatic N) is 1. The molecule has 92 valence electrons. The molecule has 1 aromatic carbocycles. The zero-order chi connectivity index (χ0) is 13.0. The summed E-state index contributed by atoms with van der Waals surface area (Å²) >= 11 is 5.78. The second kappa shape index (κ2) is 5.51. The number of ether oxygens (including phenoxy) is 1. The van der Waals surface area contributed by atoms with Gasteiger partial charge in [0, 0.05) is 6.07 Å². The van der Waals surface area contributed by atoms with Gasteiger partial charge >= 0.3 is 5.97 Å². The van der Waals surface area contributed by atoms with Gasteiger partial charge in [-0.25, -0.2) is 9.78 Å². The Morgan fingerprint density at radius 3 is 2.67 bits per heavy atom. The van der Waals surface area contributed by atoms with Crippen LogP contribution < -0.4 is 4.74 Å². The normalized spacial score (nSPS) is 10.1. The Kier molecular flexibility index (Phi) is 3.79. The monoisotopic (exact) mass is 263 g/mol. The Balaban J connectivity index is 2.07. The molecule has 1 N–H and O–H groups in total. The average Bonchev–Trinajstić information content (AvgIpc) is 2.37. The molecule has 0 fully saturated rings. The predicted molar refractivity (Wildman–Crippen MR) is 67.0 cm³/mol. The maximum atomic E-state index is 10.7. The first-order valence-corrected chi connectivity index (χ1v) is 5.60. The highest BCUT2D eigenvalue weighted by atomic mass is 35.5. The lowest BCUT2D eigenvalue weighted by molar-refractivity contribution is 0.0690. The van der Waals surface area contributed by atoms with Crippen LogP contribution >= 0.6 is 11.6 Å². The lowest BCUT2D eigenvalue weighted by atomic mass is 10.2. The largest absolute Gasteiger partial charge is 0.487 e. The number of aromatic nitrogens is 1. The van der Waals surface area contributed by atoms with E-state index in [1.54, 1.807) is 0 Å². The zero-order valence-corrected chi connectivity index (χ0v) is 10.1. The van der Waals surface area contributed by atoms with Gasteiger partial charge in [0.1, 0.15) is 12.4 Å². The molecule has 0 radical (unpaired) electrons. The molecule has 0 amide bonds. The molecule has 0 aliphatic heterocycles. The van der Waals surface area contributed by atoms with Crippen molar-refractivity contribution in [2.45, 2.75) is 6.61 Å². The van der Waals surface area contributed by atoms with Crippen molar-refractivity contribution in [3.63, 3.8) is 0 Å². The van der Waals surface area contributed by atoms with Crippen LogP contribution in [0.1, 0.15) is 16.1 Å². The quantitative estimate of drug-likeness (QED) is 0.921. The summed E-state index contributed by atoms with van der Waals surface area (Å²) in [4.78, 5) is 14.5. The molecule has 2 rings (SSSR count). The molecule has 0 aliphatic rings. The number of carbonyl (C=O) groups is 1. The molecule has 0 unspecified atom stereocenters. The van der Waals surface area contributed by atoms with E-state index in [9.17, 15) is 4.79 Å². The summed E-state index contributed by atoms with van der Waals surface area (Å²) in [6.45, 7) is 0.380. The van der Waals surface area contributed by atoms with Gasteiger partial charge in [-0.1, -0.05) is 41.9 Å². The predicted octanol–water partition coefficient (Wildman–Crippen LogP) is 3.01. The fraction of sp³-hybridized carbons (Fsp3) is 0.0769. The van der Waals surface area contributed by atoms with E-state index in [1.807, 2.05) is 30.3 Å². The van der Waals surface area contributed by atoms with Gasteiger partial charge in [0.25, 0.3) is 0 Å². The number of carboxylic acid groups (broad SMARTS) is 1. The van der Waals surface area contributed by atoms with Crippen LogP contribution in [-0.4, -0.2) is 16.1 Å². The number of hydrogen-bond donors (Lipinski definition) is 1. The van der Waals surface area contributed by atoms with Gasteiger partial charge in [-0.05, 0) is 5.56 Å². The second-order valence-electron chi connectivity index (χ2n) is 3.58. The van der Waals surface area contributed by atoms with E-state index in [0.29, 0.717) is 12.4 Å². The lowest BCUT2D eigenvalue weighted by Gasteiger charge is -2.06. The van der Waals surface area contributed by atoms with Crippen LogP contribution in [0, 0.1) is 0 Å². The fourth-order valence-electron chi connectivity index (χ4n) is 1.40. The topological polar surface area (TPSA) is 59.4 Å². The fourth-order valence-corrected chi connectivity index (χ4v) is 1.63. The van der Waals surface area contributed by atoms with Crippen molar-refractivity contribution < 1.29 is 14.6 Å². The van der Waals surface area contributed by atoms with E-state index >= 15 is 0 Å².